The number of benzene rings is 8. The standard InChI is InChI=1S/C48H33NO/c1-32-14-12-20-36(30-32)49(44-24-13-23-40-39-22-10-11-25-45(39)50-47(40)44)37-27-28-41-43(31-37)48(34-16-4-2-5-17-34,35-18-6-3-7-19-35)42-29-26-33-15-8-9-21-38(33)46(41)42/h2-31H,1H3. The van der Waals surface area contributed by atoms with E-state index < -0.39 is 5.41 Å². The molecule has 50 heavy (non-hydrogen) atoms. The fraction of sp³-hybridized carbons (Fsp3) is 0.0417. The summed E-state index contributed by atoms with van der Waals surface area (Å²) in [5.41, 5.74) is 13.3. The van der Waals surface area contributed by atoms with Gasteiger partial charge in [-0.2, -0.15) is 0 Å². The zero-order valence-electron chi connectivity index (χ0n) is 27.7. The van der Waals surface area contributed by atoms with E-state index >= 15 is 0 Å². The molecule has 2 nitrogen and oxygen atoms in total. The molecule has 0 fully saturated rings. The van der Waals surface area contributed by atoms with E-state index in [2.05, 4.69) is 188 Å². The Balaban J connectivity index is 1.32. The molecule has 0 spiro atoms. The number of anilines is 3. The molecular weight excluding hydrogens is 607 g/mol. The molecule has 10 rings (SSSR count). The summed E-state index contributed by atoms with van der Waals surface area (Å²) < 4.78 is 6.67. The number of furan rings is 1. The molecule has 1 aliphatic rings. The first-order valence-electron chi connectivity index (χ1n) is 17.3. The SMILES string of the molecule is Cc1cccc(N(c2ccc3c(c2)C(c2ccccc2)(c2ccccc2)c2ccc4ccccc4c2-3)c2cccc3c2oc2ccccc23)c1. The maximum atomic E-state index is 6.67. The lowest BCUT2D eigenvalue weighted by Gasteiger charge is -2.35. The molecule has 8 aromatic carbocycles. The van der Waals surface area contributed by atoms with Crippen LogP contribution in [0.5, 0.6) is 0 Å². The molecule has 0 unspecified atom stereocenters. The van der Waals surface area contributed by atoms with Crippen LogP contribution in [0.1, 0.15) is 27.8 Å². The van der Waals surface area contributed by atoms with Crippen LogP contribution in [0.25, 0.3) is 43.8 Å². The first-order valence-corrected chi connectivity index (χ1v) is 17.3. The van der Waals surface area contributed by atoms with Crippen molar-refractivity contribution >= 4 is 49.8 Å². The van der Waals surface area contributed by atoms with Crippen LogP contribution in [-0.4, -0.2) is 0 Å². The smallest absolute Gasteiger partial charge is 0.159 e. The summed E-state index contributed by atoms with van der Waals surface area (Å²) in [5.74, 6) is 0. The van der Waals surface area contributed by atoms with Crippen molar-refractivity contribution in [2.24, 2.45) is 0 Å². The van der Waals surface area contributed by atoms with Crippen molar-refractivity contribution in [1.82, 2.24) is 0 Å². The van der Waals surface area contributed by atoms with Crippen LogP contribution in [0.3, 0.4) is 0 Å². The van der Waals surface area contributed by atoms with Gasteiger partial charge in [0.2, 0.25) is 0 Å². The van der Waals surface area contributed by atoms with Crippen LogP contribution in [0.2, 0.25) is 0 Å². The Morgan fingerprint density at radius 1 is 0.480 bits per heavy atom. The summed E-state index contributed by atoms with van der Waals surface area (Å²) >= 11 is 0. The zero-order chi connectivity index (χ0) is 33.2. The molecule has 0 amide bonds. The molecule has 1 heterocycles. The van der Waals surface area contributed by atoms with E-state index in [0.29, 0.717) is 0 Å². The summed E-state index contributed by atoms with van der Waals surface area (Å²) in [6.07, 6.45) is 0. The van der Waals surface area contributed by atoms with Gasteiger partial charge in [-0.25, -0.2) is 0 Å². The van der Waals surface area contributed by atoms with Crippen LogP contribution in [0.4, 0.5) is 17.1 Å². The van der Waals surface area contributed by atoms with Gasteiger partial charge in [0.15, 0.2) is 5.58 Å². The molecule has 0 aliphatic heterocycles. The Morgan fingerprint density at radius 3 is 1.92 bits per heavy atom. The van der Waals surface area contributed by atoms with Gasteiger partial charge in [0, 0.05) is 22.1 Å². The molecule has 9 aromatic rings. The third-order valence-corrected chi connectivity index (χ3v) is 10.6. The van der Waals surface area contributed by atoms with E-state index in [1.54, 1.807) is 0 Å². The van der Waals surface area contributed by atoms with Gasteiger partial charge in [-0.3, -0.25) is 0 Å². The number of nitrogens with zero attached hydrogens (tertiary/aromatic N) is 1. The van der Waals surface area contributed by atoms with Crippen LogP contribution >= 0.6 is 0 Å². The van der Waals surface area contributed by atoms with Gasteiger partial charge >= 0.3 is 0 Å². The zero-order valence-corrected chi connectivity index (χ0v) is 27.7. The Hall–Kier alpha value is -6.38. The predicted molar refractivity (Wildman–Crippen MR) is 208 cm³/mol. The molecular formula is C48H33NO. The Kier molecular flexibility index (Phi) is 6.34. The third kappa shape index (κ3) is 4.09. The first-order chi connectivity index (χ1) is 24.7. The number of aryl methyl sites for hydroxylation is 1. The van der Waals surface area contributed by atoms with Crippen molar-refractivity contribution < 1.29 is 4.42 Å². The first kappa shape index (κ1) is 28.6. The molecule has 0 saturated carbocycles. The van der Waals surface area contributed by atoms with Crippen molar-refractivity contribution in [3.63, 3.8) is 0 Å². The van der Waals surface area contributed by atoms with Crippen molar-refractivity contribution in [1.29, 1.82) is 0 Å². The lowest BCUT2D eigenvalue weighted by molar-refractivity contribution is 0.669. The van der Waals surface area contributed by atoms with Crippen molar-refractivity contribution in [2.75, 3.05) is 4.90 Å². The highest BCUT2D eigenvalue weighted by atomic mass is 16.3. The highest BCUT2D eigenvalue weighted by Crippen LogP contribution is 2.59. The molecule has 2 heteroatoms. The summed E-state index contributed by atoms with van der Waals surface area (Å²) in [6.45, 7) is 2.16. The molecule has 0 bridgehead atoms. The van der Waals surface area contributed by atoms with E-state index in [1.165, 1.54) is 49.7 Å². The van der Waals surface area contributed by atoms with Crippen LogP contribution < -0.4 is 4.90 Å². The van der Waals surface area contributed by atoms with E-state index in [9.17, 15) is 0 Å². The second kappa shape index (κ2) is 11.1. The molecule has 0 N–H and O–H groups in total. The minimum absolute atomic E-state index is 0.531. The van der Waals surface area contributed by atoms with Crippen LogP contribution in [-0.2, 0) is 5.41 Å². The molecule has 0 atom stereocenters. The number of para-hydroxylation sites is 2. The van der Waals surface area contributed by atoms with E-state index in [1.807, 2.05) is 6.07 Å². The molecule has 1 aromatic heterocycles. The summed E-state index contributed by atoms with van der Waals surface area (Å²) in [4.78, 5) is 2.37. The maximum absolute atomic E-state index is 6.67. The van der Waals surface area contributed by atoms with Gasteiger partial charge in [0.05, 0.1) is 11.1 Å². The fourth-order valence-corrected chi connectivity index (χ4v) is 8.49. The lowest BCUT2D eigenvalue weighted by atomic mass is 9.67. The van der Waals surface area contributed by atoms with Crippen molar-refractivity contribution in [3.05, 3.63) is 210 Å². The van der Waals surface area contributed by atoms with Gasteiger partial charge in [-0.05, 0) is 93.0 Å². The minimum atomic E-state index is -0.531. The summed E-state index contributed by atoms with van der Waals surface area (Å²) in [5, 5.41) is 4.75. The fourth-order valence-electron chi connectivity index (χ4n) is 8.49. The number of fused-ring (bicyclic) bond motifs is 8. The second-order valence-corrected chi connectivity index (χ2v) is 13.3. The van der Waals surface area contributed by atoms with Gasteiger partial charge in [0.25, 0.3) is 0 Å². The number of rotatable bonds is 5. The van der Waals surface area contributed by atoms with E-state index in [-0.39, 0.29) is 0 Å². The number of hydrogen-bond acceptors (Lipinski definition) is 2. The van der Waals surface area contributed by atoms with Gasteiger partial charge in [-0.15, -0.1) is 0 Å². The molecule has 0 saturated heterocycles. The average molecular weight is 640 g/mol. The van der Waals surface area contributed by atoms with Gasteiger partial charge in [0.1, 0.15) is 5.58 Å². The third-order valence-electron chi connectivity index (χ3n) is 10.6. The highest BCUT2D eigenvalue weighted by molar-refractivity contribution is 6.10. The summed E-state index contributed by atoms with van der Waals surface area (Å²) in [6, 6.07) is 66.2. The average Bonchev–Trinajstić information content (AvgIpc) is 3.70. The maximum Gasteiger partial charge on any atom is 0.159 e. The predicted octanol–water partition coefficient (Wildman–Crippen LogP) is 12.9. The second-order valence-electron chi connectivity index (χ2n) is 13.3. The van der Waals surface area contributed by atoms with Crippen molar-refractivity contribution in [3.8, 4) is 11.1 Å². The Labute approximate surface area is 291 Å². The largest absolute Gasteiger partial charge is 0.454 e. The quantitative estimate of drug-likeness (QED) is 0.186. The summed E-state index contributed by atoms with van der Waals surface area (Å²) in [7, 11) is 0. The van der Waals surface area contributed by atoms with Crippen LogP contribution in [0, 0.1) is 6.92 Å². The van der Waals surface area contributed by atoms with E-state index in [0.717, 1.165) is 39.0 Å². The highest BCUT2D eigenvalue weighted by Gasteiger charge is 2.47. The normalized spacial score (nSPS) is 13.1. The lowest BCUT2D eigenvalue weighted by Crippen LogP contribution is -2.28. The Morgan fingerprint density at radius 2 is 1.14 bits per heavy atom. The van der Waals surface area contributed by atoms with Gasteiger partial charge in [-0.1, -0.05) is 146 Å². The topological polar surface area (TPSA) is 16.4 Å². The molecule has 0 radical (unpaired) electrons. The Bertz CT molecular complexity index is 2680. The van der Waals surface area contributed by atoms with E-state index in [4.69, 9.17) is 4.42 Å². The monoisotopic (exact) mass is 639 g/mol. The minimum Gasteiger partial charge on any atom is -0.454 e. The van der Waals surface area contributed by atoms with Gasteiger partial charge < -0.3 is 9.32 Å². The number of hydrogen-bond donors (Lipinski definition) is 0. The van der Waals surface area contributed by atoms with Crippen molar-refractivity contribution in [2.45, 2.75) is 12.3 Å². The molecule has 1 aliphatic carbocycles. The molecule has 236 valence electrons. The van der Waals surface area contributed by atoms with Crippen LogP contribution in [0.15, 0.2) is 186 Å².